The highest BCUT2D eigenvalue weighted by atomic mass is 31.2. The van der Waals surface area contributed by atoms with Crippen LogP contribution < -0.4 is 4.57 Å². The number of fused-ring (bicyclic) bond motifs is 2. The maximum Gasteiger partial charge on any atom is 0.472 e. The lowest BCUT2D eigenvalue weighted by molar-refractivity contribution is -0.672. The molecule has 0 saturated carbocycles. The first kappa shape index (κ1) is 39.8. The van der Waals surface area contributed by atoms with Crippen molar-refractivity contribution in [2.45, 2.75) is 122 Å². The van der Waals surface area contributed by atoms with E-state index in [1.165, 1.54) is 83.5 Å². The number of carbonyl (C=O) groups excluding carboxylic acids is 2. The summed E-state index contributed by atoms with van der Waals surface area (Å²) >= 11 is 0. The van der Waals surface area contributed by atoms with Crippen molar-refractivity contribution in [3.63, 3.8) is 0 Å². The molecule has 1 N–H and O–H groups in total. The van der Waals surface area contributed by atoms with Crippen LogP contribution >= 0.6 is 7.82 Å². The molecular weight excluding hydrogens is 651 g/mol. The van der Waals surface area contributed by atoms with E-state index < -0.39 is 25.7 Å². The Kier molecular flexibility index (Phi) is 17.6. The van der Waals surface area contributed by atoms with Crippen molar-refractivity contribution >= 4 is 30.5 Å². The fourth-order valence-corrected chi connectivity index (χ4v) is 7.34. The minimum Gasteiger partial charge on any atom is -0.379 e. The lowest BCUT2D eigenvalue weighted by Gasteiger charge is -2.26. The number of carbonyl (C=O) groups is 2. The average Bonchev–Trinajstić information content (AvgIpc) is 3.38. The third-order valence-corrected chi connectivity index (χ3v) is 10.4. The molecule has 2 aromatic carbocycles. The van der Waals surface area contributed by atoms with E-state index in [9.17, 15) is 19.0 Å². The molecule has 10 heteroatoms. The molecule has 0 spiro atoms. The highest BCUT2D eigenvalue weighted by Crippen LogP contribution is 2.43. The van der Waals surface area contributed by atoms with Crippen LogP contribution in [0.2, 0.25) is 0 Å². The smallest absolute Gasteiger partial charge is 0.379 e. The van der Waals surface area contributed by atoms with Gasteiger partial charge in [0.05, 0.1) is 30.4 Å². The van der Waals surface area contributed by atoms with Crippen LogP contribution in [0.3, 0.4) is 0 Å². The summed E-state index contributed by atoms with van der Waals surface area (Å²) in [5, 5.41) is 1.04. The maximum atomic E-state index is 13.2. The number of aromatic nitrogens is 1. The van der Waals surface area contributed by atoms with Gasteiger partial charge in [-0.1, -0.05) is 128 Å². The van der Waals surface area contributed by atoms with Gasteiger partial charge in [0.25, 0.3) is 11.8 Å². The van der Waals surface area contributed by atoms with E-state index in [1.807, 2.05) is 47.2 Å². The van der Waals surface area contributed by atoms with Gasteiger partial charge < -0.3 is 9.63 Å². The molecule has 50 heavy (non-hydrogen) atoms. The number of hydrogen-bond donors (Lipinski definition) is 1. The molecule has 9 nitrogen and oxygen atoms in total. The molecule has 0 radical (unpaired) electrons. The predicted octanol–water partition coefficient (Wildman–Crippen LogP) is 9.20. The number of amides is 2. The summed E-state index contributed by atoms with van der Waals surface area (Å²) < 4.78 is 31.4. The molecule has 0 fully saturated rings. The van der Waals surface area contributed by atoms with Crippen molar-refractivity contribution in [3.8, 4) is 0 Å². The zero-order valence-electron chi connectivity index (χ0n) is 30.0. The van der Waals surface area contributed by atoms with E-state index in [0.717, 1.165) is 35.1 Å². The Morgan fingerprint density at radius 1 is 0.660 bits per heavy atom. The Hall–Kier alpha value is -2.94. The minimum absolute atomic E-state index is 0.00390. The SMILES string of the molecule is CCCCCCCCCCCCCCCCCCOCC(COP(=O)(O)OCC[n+]1cccc2ccccc21)N1C(=O)c2ccccc2C1=O. The zero-order valence-corrected chi connectivity index (χ0v) is 30.9. The summed E-state index contributed by atoms with van der Waals surface area (Å²) in [4.78, 5) is 38.0. The first-order valence-corrected chi connectivity index (χ1v) is 20.4. The first-order chi connectivity index (χ1) is 24.4. The largest absolute Gasteiger partial charge is 0.472 e. The summed E-state index contributed by atoms with van der Waals surface area (Å²) in [6.45, 7) is 2.60. The van der Waals surface area contributed by atoms with E-state index in [4.69, 9.17) is 13.8 Å². The minimum atomic E-state index is -4.49. The second kappa shape index (κ2) is 22.1. The zero-order chi connectivity index (χ0) is 35.4. The van der Waals surface area contributed by atoms with Crippen molar-refractivity contribution in [3.05, 3.63) is 78.0 Å². The Morgan fingerprint density at radius 3 is 1.78 bits per heavy atom. The molecule has 0 aliphatic carbocycles. The second-order valence-corrected chi connectivity index (χ2v) is 14.9. The molecule has 1 aliphatic heterocycles. The van der Waals surface area contributed by atoms with E-state index in [1.54, 1.807) is 24.3 Å². The lowest BCUT2D eigenvalue weighted by Crippen LogP contribution is -2.45. The number of phosphoric ester groups is 1. The first-order valence-electron chi connectivity index (χ1n) is 18.9. The monoisotopic (exact) mass is 709 g/mol. The van der Waals surface area contributed by atoms with Gasteiger partial charge in [-0.3, -0.25) is 23.5 Å². The van der Waals surface area contributed by atoms with Crippen LogP contribution in [0.4, 0.5) is 0 Å². The highest BCUT2D eigenvalue weighted by molar-refractivity contribution is 7.47. The molecule has 1 aromatic heterocycles. The number of rotatable bonds is 27. The van der Waals surface area contributed by atoms with Crippen LogP contribution in [0.1, 0.15) is 130 Å². The Bertz CT molecular complexity index is 1480. The van der Waals surface area contributed by atoms with Crippen LogP contribution in [0.15, 0.2) is 66.9 Å². The summed E-state index contributed by atoms with van der Waals surface area (Å²) in [6, 6.07) is 17.5. The van der Waals surface area contributed by atoms with Crippen LogP contribution in [0.25, 0.3) is 10.9 Å². The molecule has 1 aliphatic rings. The van der Waals surface area contributed by atoms with Crippen LogP contribution in [-0.4, -0.2) is 54.1 Å². The highest BCUT2D eigenvalue weighted by Gasteiger charge is 2.41. The van der Waals surface area contributed by atoms with Gasteiger partial charge >= 0.3 is 7.82 Å². The number of imide groups is 1. The van der Waals surface area contributed by atoms with Gasteiger partial charge in [0.15, 0.2) is 12.7 Å². The number of ether oxygens (including phenoxy) is 1. The molecule has 0 saturated heterocycles. The van der Waals surface area contributed by atoms with Gasteiger partial charge in [0, 0.05) is 24.1 Å². The normalized spacial score (nSPS) is 14.7. The summed E-state index contributed by atoms with van der Waals surface area (Å²) in [7, 11) is -4.49. The van der Waals surface area contributed by atoms with E-state index >= 15 is 0 Å². The van der Waals surface area contributed by atoms with Crippen molar-refractivity contribution in [2.75, 3.05) is 26.4 Å². The summed E-state index contributed by atoms with van der Waals surface area (Å²) in [5.74, 6) is -0.933. The maximum absolute atomic E-state index is 13.2. The Balaban J connectivity index is 1.15. The molecule has 274 valence electrons. The topological polar surface area (TPSA) is 106 Å². The van der Waals surface area contributed by atoms with E-state index in [2.05, 4.69) is 6.92 Å². The van der Waals surface area contributed by atoms with Gasteiger partial charge in [-0.05, 0) is 30.7 Å². The van der Waals surface area contributed by atoms with E-state index in [-0.39, 0.29) is 19.8 Å². The van der Waals surface area contributed by atoms with Gasteiger partial charge in [-0.25, -0.2) is 4.57 Å². The van der Waals surface area contributed by atoms with Gasteiger partial charge in [0.2, 0.25) is 5.52 Å². The van der Waals surface area contributed by atoms with Gasteiger partial charge in [-0.2, -0.15) is 4.57 Å². The number of nitrogens with zero attached hydrogens (tertiary/aromatic N) is 2. The molecule has 2 amide bonds. The van der Waals surface area contributed by atoms with Crippen molar-refractivity contribution in [1.82, 2.24) is 4.90 Å². The molecule has 2 unspecified atom stereocenters. The summed E-state index contributed by atoms with van der Waals surface area (Å²) in [6.07, 6.45) is 22.4. The molecule has 2 heterocycles. The number of unbranched alkanes of at least 4 members (excludes halogenated alkanes) is 15. The third kappa shape index (κ3) is 13.0. The predicted molar refractivity (Wildman–Crippen MR) is 197 cm³/mol. The number of hydrogen-bond acceptors (Lipinski definition) is 6. The van der Waals surface area contributed by atoms with Crippen LogP contribution in [0, 0.1) is 0 Å². The number of phosphoric acid groups is 1. The Labute approximate surface area is 298 Å². The van der Waals surface area contributed by atoms with Crippen LogP contribution in [0.5, 0.6) is 0 Å². The van der Waals surface area contributed by atoms with Gasteiger partial charge in [0.1, 0.15) is 6.61 Å². The second-order valence-electron chi connectivity index (χ2n) is 13.4. The van der Waals surface area contributed by atoms with Crippen LogP contribution in [-0.2, 0) is 24.9 Å². The quantitative estimate of drug-likeness (QED) is 0.0364. The number of benzene rings is 2. The fourth-order valence-electron chi connectivity index (χ4n) is 6.60. The molecule has 4 rings (SSSR count). The average molecular weight is 710 g/mol. The van der Waals surface area contributed by atoms with Crippen molar-refractivity contribution in [2.24, 2.45) is 0 Å². The fraction of sp³-hybridized carbons (Fsp3) is 0.575. The molecule has 3 aromatic rings. The molecule has 2 atom stereocenters. The molecular formula is C40H58N2O7P+. The lowest BCUT2D eigenvalue weighted by atomic mass is 10.0. The third-order valence-electron chi connectivity index (χ3n) is 9.45. The van der Waals surface area contributed by atoms with Crippen molar-refractivity contribution < 1.29 is 37.4 Å². The standard InChI is InChI=1S/C40H57N2O7P/c1-2-3-4-5-6-7-8-9-10-11-12-13-14-15-16-21-30-47-32-35(42-39(43)36-25-18-19-26-37(36)40(42)44)33-49-50(45,46)48-31-29-41-28-22-24-34-23-17-20-27-38(34)41/h17-20,22-28,35H,2-16,21,29-33H2,1H3/p+1. The Morgan fingerprint density at radius 2 is 1.18 bits per heavy atom. The van der Waals surface area contributed by atoms with E-state index in [0.29, 0.717) is 24.3 Å². The summed E-state index contributed by atoms with van der Waals surface area (Å²) in [5.41, 5.74) is 1.58. The van der Waals surface area contributed by atoms with Crippen molar-refractivity contribution in [1.29, 1.82) is 0 Å². The molecule has 0 bridgehead atoms. The number of para-hydroxylation sites is 1. The number of pyridine rings is 1. The van der Waals surface area contributed by atoms with Gasteiger partial charge in [-0.15, -0.1) is 0 Å².